The lowest BCUT2D eigenvalue weighted by Crippen LogP contribution is -2.52. The Morgan fingerprint density at radius 2 is 2.08 bits per heavy atom. The van der Waals surface area contributed by atoms with Crippen LogP contribution in [0.2, 0.25) is 0 Å². The van der Waals surface area contributed by atoms with Gasteiger partial charge in [0.1, 0.15) is 0 Å². The average molecular weight is 335 g/mol. The van der Waals surface area contributed by atoms with Gasteiger partial charge in [0.05, 0.1) is 24.2 Å². The van der Waals surface area contributed by atoms with Crippen LogP contribution in [-0.2, 0) is 9.59 Å². The van der Waals surface area contributed by atoms with E-state index < -0.39 is 0 Å². The van der Waals surface area contributed by atoms with Gasteiger partial charge in [-0.05, 0) is 46.1 Å². The van der Waals surface area contributed by atoms with E-state index in [0.717, 1.165) is 18.4 Å². The molecule has 0 radical (unpaired) electrons. The Bertz CT molecular complexity index is 585. The fraction of sp³-hybridized carbons (Fsp3) is 0.706. The molecule has 0 spiro atoms. The average Bonchev–Trinajstić information content (AvgIpc) is 2.99. The first kappa shape index (κ1) is 18.4. The zero-order valence-electron chi connectivity index (χ0n) is 15.0. The monoisotopic (exact) mass is 335 g/mol. The molecule has 0 saturated carbocycles. The number of rotatable bonds is 6. The summed E-state index contributed by atoms with van der Waals surface area (Å²) in [7, 11) is 0. The molecule has 134 valence electrons. The van der Waals surface area contributed by atoms with E-state index in [1.54, 1.807) is 4.90 Å². The van der Waals surface area contributed by atoms with Gasteiger partial charge in [0.25, 0.3) is 0 Å². The second-order valence-corrected chi connectivity index (χ2v) is 6.94. The number of amides is 2. The number of hydrogen-bond acceptors (Lipinski definition) is 4. The molecule has 3 N–H and O–H groups in total. The van der Waals surface area contributed by atoms with Crippen LogP contribution >= 0.6 is 0 Å². The minimum atomic E-state index is -0.316. The van der Waals surface area contributed by atoms with Crippen LogP contribution in [0.25, 0.3) is 0 Å². The Kier molecular flexibility index (Phi) is 5.99. The number of aryl methyl sites for hydroxylation is 1. The van der Waals surface area contributed by atoms with E-state index in [0.29, 0.717) is 13.1 Å². The molecule has 0 bridgehead atoms. The van der Waals surface area contributed by atoms with Gasteiger partial charge < -0.3 is 16.0 Å². The number of nitrogens with two attached hydrogens (primary N) is 1. The predicted octanol–water partition coefficient (Wildman–Crippen LogP) is 0.843. The Morgan fingerprint density at radius 3 is 2.67 bits per heavy atom. The van der Waals surface area contributed by atoms with Gasteiger partial charge in [-0.15, -0.1) is 0 Å². The molecule has 0 aliphatic carbocycles. The number of hydrogen-bond donors (Lipinski definition) is 2. The van der Waals surface area contributed by atoms with Gasteiger partial charge >= 0.3 is 0 Å². The van der Waals surface area contributed by atoms with Crippen LogP contribution < -0.4 is 11.1 Å². The highest BCUT2D eigenvalue weighted by Crippen LogP contribution is 2.17. The topological polar surface area (TPSA) is 93.2 Å². The summed E-state index contributed by atoms with van der Waals surface area (Å²) >= 11 is 0. The minimum Gasteiger partial charge on any atom is -0.369 e. The molecule has 24 heavy (non-hydrogen) atoms. The van der Waals surface area contributed by atoms with Crippen LogP contribution in [0, 0.1) is 12.8 Å². The number of nitrogens with zero attached hydrogens (tertiary/aromatic N) is 3. The highest BCUT2D eigenvalue weighted by molar-refractivity contribution is 5.83. The maximum atomic E-state index is 12.7. The molecule has 1 saturated heterocycles. The van der Waals surface area contributed by atoms with Crippen molar-refractivity contribution in [2.45, 2.75) is 58.7 Å². The summed E-state index contributed by atoms with van der Waals surface area (Å²) in [4.78, 5) is 25.8. The van der Waals surface area contributed by atoms with Gasteiger partial charge in [-0.3, -0.25) is 14.3 Å². The van der Waals surface area contributed by atoms with Crippen molar-refractivity contribution in [3.8, 4) is 0 Å². The molecule has 1 fully saturated rings. The number of carbonyl (C=O) groups excluding carboxylic acids is 2. The fourth-order valence-electron chi connectivity index (χ4n) is 3.17. The highest BCUT2D eigenvalue weighted by atomic mass is 16.2. The maximum absolute atomic E-state index is 12.7. The number of primary amides is 1. The first-order chi connectivity index (χ1) is 11.3. The second-order valence-electron chi connectivity index (χ2n) is 6.94. The number of likely N-dealkylation sites (tertiary alicyclic amines) is 1. The molecule has 2 rings (SSSR count). The zero-order valence-corrected chi connectivity index (χ0v) is 15.0. The molecule has 1 aliphatic rings. The SMILES string of the molecule is Cc1cnn([C@H](C)[C@H](C)N[C@@H](C)C(=O)N2CCC[C@H](C(N)=O)C2)c1. The minimum absolute atomic E-state index is 0.0247. The highest BCUT2D eigenvalue weighted by Gasteiger charge is 2.30. The smallest absolute Gasteiger partial charge is 0.239 e. The summed E-state index contributed by atoms with van der Waals surface area (Å²) in [5.41, 5.74) is 6.51. The first-order valence-electron chi connectivity index (χ1n) is 8.64. The molecular formula is C17H29N5O2. The Balaban J connectivity index is 1.91. The van der Waals surface area contributed by atoms with E-state index in [9.17, 15) is 9.59 Å². The number of aromatic nitrogens is 2. The number of carbonyl (C=O) groups is 2. The second kappa shape index (κ2) is 7.79. The van der Waals surface area contributed by atoms with Gasteiger partial charge in [-0.2, -0.15) is 5.10 Å². The van der Waals surface area contributed by atoms with Crippen LogP contribution in [-0.4, -0.2) is 51.7 Å². The van der Waals surface area contributed by atoms with Gasteiger partial charge in [0.2, 0.25) is 11.8 Å². The summed E-state index contributed by atoms with van der Waals surface area (Å²) in [5.74, 6) is -0.515. The van der Waals surface area contributed by atoms with Crippen LogP contribution in [0.3, 0.4) is 0 Å². The molecule has 2 amide bonds. The molecule has 2 heterocycles. The molecule has 0 unspecified atom stereocenters. The molecule has 7 nitrogen and oxygen atoms in total. The largest absolute Gasteiger partial charge is 0.369 e. The molecular weight excluding hydrogens is 306 g/mol. The predicted molar refractivity (Wildman–Crippen MR) is 92.2 cm³/mol. The maximum Gasteiger partial charge on any atom is 0.239 e. The van der Waals surface area contributed by atoms with E-state index >= 15 is 0 Å². The lowest BCUT2D eigenvalue weighted by molar-refractivity contribution is -0.136. The normalized spacial score (nSPS) is 22.0. The van der Waals surface area contributed by atoms with Gasteiger partial charge in [0, 0.05) is 25.3 Å². The third kappa shape index (κ3) is 4.35. The van der Waals surface area contributed by atoms with Gasteiger partial charge in [-0.25, -0.2) is 0 Å². The van der Waals surface area contributed by atoms with Crippen LogP contribution in [0.4, 0.5) is 0 Å². The third-order valence-corrected chi connectivity index (χ3v) is 4.89. The Labute approximate surface area is 143 Å². The van der Waals surface area contributed by atoms with Crippen LogP contribution in [0.5, 0.6) is 0 Å². The molecule has 1 aromatic heterocycles. The fourth-order valence-corrected chi connectivity index (χ4v) is 3.17. The molecule has 0 aromatic carbocycles. The van der Waals surface area contributed by atoms with E-state index in [2.05, 4.69) is 17.3 Å². The zero-order chi connectivity index (χ0) is 17.9. The van der Waals surface area contributed by atoms with Crippen LogP contribution in [0.15, 0.2) is 12.4 Å². The Morgan fingerprint density at radius 1 is 1.38 bits per heavy atom. The lowest BCUT2D eigenvalue weighted by Gasteiger charge is -2.34. The van der Waals surface area contributed by atoms with Crippen molar-refractivity contribution in [3.05, 3.63) is 18.0 Å². The molecule has 4 atom stereocenters. The molecule has 1 aliphatic heterocycles. The summed E-state index contributed by atoms with van der Waals surface area (Å²) in [6.45, 7) is 9.12. The number of nitrogens with one attached hydrogen (secondary N) is 1. The van der Waals surface area contributed by atoms with Crippen molar-refractivity contribution in [1.29, 1.82) is 0 Å². The van der Waals surface area contributed by atoms with Gasteiger partial charge in [-0.1, -0.05) is 0 Å². The van der Waals surface area contributed by atoms with Crippen molar-refractivity contribution >= 4 is 11.8 Å². The van der Waals surface area contributed by atoms with Crippen molar-refractivity contribution in [3.63, 3.8) is 0 Å². The van der Waals surface area contributed by atoms with E-state index in [4.69, 9.17) is 5.73 Å². The van der Waals surface area contributed by atoms with Crippen LogP contribution in [0.1, 0.15) is 45.2 Å². The summed E-state index contributed by atoms with van der Waals surface area (Å²) in [6.07, 6.45) is 5.42. The van der Waals surface area contributed by atoms with Gasteiger partial charge in [0.15, 0.2) is 0 Å². The van der Waals surface area contributed by atoms with Crippen molar-refractivity contribution in [2.24, 2.45) is 11.7 Å². The van der Waals surface area contributed by atoms with Crippen molar-refractivity contribution < 1.29 is 9.59 Å². The third-order valence-electron chi connectivity index (χ3n) is 4.89. The summed E-state index contributed by atoms with van der Waals surface area (Å²) in [5, 5.41) is 7.70. The van der Waals surface area contributed by atoms with E-state index in [1.165, 1.54) is 0 Å². The standard InChI is InChI=1S/C17H29N5O2/c1-11-8-19-22(9-11)14(4)12(2)20-13(3)17(24)21-7-5-6-15(10-21)16(18)23/h8-9,12-15,20H,5-7,10H2,1-4H3,(H2,18,23)/t12-,13-,14+,15-/m0/s1. The first-order valence-corrected chi connectivity index (χ1v) is 8.64. The van der Waals surface area contributed by atoms with E-state index in [1.807, 2.05) is 37.8 Å². The quantitative estimate of drug-likeness (QED) is 0.806. The van der Waals surface area contributed by atoms with E-state index in [-0.39, 0.29) is 35.9 Å². The Hall–Kier alpha value is -1.89. The summed E-state index contributed by atoms with van der Waals surface area (Å²) < 4.78 is 1.91. The molecule has 1 aromatic rings. The molecule has 7 heteroatoms. The lowest BCUT2D eigenvalue weighted by atomic mass is 9.97. The van der Waals surface area contributed by atoms with Crippen molar-refractivity contribution in [2.75, 3.05) is 13.1 Å². The summed E-state index contributed by atoms with van der Waals surface area (Å²) in [6, 6.07) is -0.0978. The number of piperidine rings is 1. The van der Waals surface area contributed by atoms with Crippen molar-refractivity contribution in [1.82, 2.24) is 20.0 Å².